The molecule has 132 valence electrons. The van der Waals surface area contributed by atoms with E-state index < -0.39 is 20.0 Å². The number of benzene rings is 1. The smallest absolute Gasteiger partial charge is 0.263 e. The van der Waals surface area contributed by atoms with Crippen molar-refractivity contribution in [1.82, 2.24) is 4.31 Å². The van der Waals surface area contributed by atoms with Gasteiger partial charge in [-0.3, -0.25) is 4.72 Å². The Hall–Kier alpha value is -1.42. The van der Waals surface area contributed by atoms with Crippen LogP contribution in [0.4, 0.5) is 5.69 Å². The molecule has 0 saturated carbocycles. The molecule has 0 spiro atoms. The number of anilines is 1. The minimum Gasteiger partial charge on any atom is -0.279 e. The van der Waals surface area contributed by atoms with Crippen LogP contribution in [-0.2, 0) is 20.0 Å². The van der Waals surface area contributed by atoms with E-state index >= 15 is 0 Å². The maximum Gasteiger partial charge on any atom is 0.263 e. The van der Waals surface area contributed by atoms with Crippen LogP contribution < -0.4 is 4.72 Å². The molecular weight excluding hydrogens is 368 g/mol. The van der Waals surface area contributed by atoms with Crippen molar-refractivity contribution < 1.29 is 16.8 Å². The molecule has 9 heteroatoms. The maximum absolute atomic E-state index is 12.6. The number of nitrogens with zero attached hydrogens (tertiary/aromatic N) is 1. The lowest BCUT2D eigenvalue weighted by Gasteiger charge is -2.15. The van der Waals surface area contributed by atoms with Crippen LogP contribution in [0, 0.1) is 20.8 Å². The van der Waals surface area contributed by atoms with E-state index in [-0.39, 0.29) is 15.5 Å². The van der Waals surface area contributed by atoms with Crippen LogP contribution >= 0.6 is 11.3 Å². The monoisotopic (exact) mass is 388 g/mol. The molecule has 2 aromatic rings. The standard InChI is InChI=1S/C15H20N2O4S3/c1-10-6-7-13(24(20,21)17(4)5)9-14(10)16-23(18,19)15-8-11(2)22-12(15)3/h6-9,16H,1-5H3. The van der Waals surface area contributed by atoms with Crippen LogP contribution in [0.25, 0.3) is 0 Å². The summed E-state index contributed by atoms with van der Waals surface area (Å²) in [4.78, 5) is 1.84. The van der Waals surface area contributed by atoms with Gasteiger partial charge < -0.3 is 0 Å². The summed E-state index contributed by atoms with van der Waals surface area (Å²) < 4.78 is 53.3. The lowest BCUT2D eigenvalue weighted by molar-refractivity contribution is 0.520. The van der Waals surface area contributed by atoms with Crippen LogP contribution in [0.15, 0.2) is 34.1 Å². The van der Waals surface area contributed by atoms with E-state index in [1.165, 1.54) is 37.6 Å². The summed E-state index contributed by atoms with van der Waals surface area (Å²) in [5.41, 5.74) is 0.891. The normalized spacial score (nSPS) is 12.6. The van der Waals surface area contributed by atoms with Gasteiger partial charge in [0.25, 0.3) is 10.0 Å². The summed E-state index contributed by atoms with van der Waals surface area (Å²) in [5, 5.41) is 0. The van der Waals surface area contributed by atoms with Gasteiger partial charge in [0.2, 0.25) is 10.0 Å². The van der Waals surface area contributed by atoms with Crippen molar-refractivity contribution in [2.75, 3.05) is 18.8 Å². The first-order chi connectivity index (χ1) is 10.9. The highest BCUT2D eigenvalue weighted by Crippen LogP contribution is 2.29. The molecule has 1 heterocycles. The summed E-state index contributed by atoms with van der Waals surface area (Å²) in [7, 11) is -4.56. The molecule has 0 aliphatic heterocycles. The Balaban J connectivity index is 2.49. The largest absolute Gasteiger partial charge is 0.279 e. The average molecular weight is 389 g/mol. The predicted octanol–water partition coefficient (Wildman–Crippen LogP) is 2.72. The molecule has 0 radical (unpaired) electrons. The first-order valence-electron chi connectivity index (χ1n) is 7.08. The Morgan fingerprint density at radius 3 is 2.12 bits per heavy atom. The molecule has 2 rings (SSSR count). The Labute approximate surface area is 147 Å². The molecule has 1 aromatic heterocycles. The van der Waals surface area contributed by atoms with Gasteiger partial charge in [0.1, 0.15) is 4.90 Å². The van der Waals surface area contributed by atoms with Crippen LogP contribution in [0.3, 0.4) is 0 Å². The Kier molecular flexibility index (Phi) is 5.10. The van der Waals surface area contributed by atoms with Crippen LogP contribution in [0.5, 0.6) is 0 Å². The minimum absolute atomic E-state index is 0.0361. The fourth-order valence-electron chi connectivity index (χ4n) is 2.16. The molecule has 0 bridgehead atoms. The Bertz CT molecular complexity index is 974. The zero-order valence-corrected chi connectivity index (χ0v) is 16.6. The number of aryl methyl sites for hydroxylation is 3. The van der Waals surface area contributed by atoms with E-state index in [0.29, 0.717) is 10.4 Å². The number of hydrogen-bond acceptors (Lipinski definition) is 5. The highest BCUT2D eigenvalue weighted by Gasteiger charge is 2.22. The lowest BCUT2D eigenvalue weighted by atomic mass is 10.2. The lowest BCUT2D eigenvalue weighted by Crippen LogP contribution is -2.22. The second-order valence-corrected chi connectivity index (χ2v) is 10.9. The average Bonchev–Trinajstić information content (AvgIpc) is 2.80. The molecule has 6 nitrogen and oxygen atoms in total. The van der Waals surface area contributed by atoms with Crippen molar-refractivity contribution >= 4 is 37.1 Å². The zero-order valence-electron chi connectivity index (χ0n) is 14.1. The molecule has 0 aliphatic carbocycles. The Morgan fingerprint density at radius 2 is 1.62 bits per heavy atom. The molecule has 0 amide bonds. The number of nitrogens with one attached hydrogen (secondary N) is 1. The van der Waals surface area contributed by atoms with Gasteiger partial charge in [-0.2, -0.15) is 0 Å². The van der Waals surface area contributed by atoms with Crippen molar-refractivity contribution in [3.63, 3.8) is 0 Å². The molecule has 24 heavy (non-hydrogen) atoms. The summed E-state index contributed by atoms with van der Waals surface area (Å²) >= 11 is 1.40. The molecule has 0 saturated heterocycles. The maximum atomic E-state index is 12.6. The van der Waals surface area contributed by atoms with E-state index in [2.05, 4.69) is 4.72 Å². The molecule has 1 N–H and O–H groups in total. The van der Waals surface area contributed by atoms with Gasteiger partial charge in [-0.25, -0.2) is 21.1 Å². The quantitative estimate of drug-likeness (QED) is 0.854. The fourth-order valence-corrected chi connectivity index (χ4v) is 5.76. The van der Waals surface area contributed by atoms with Gasteiger partial charge in [0.15, 0.2) is 0 Å². The van der Waals surface area contributed by atoms with Gasteiger partial charge in [-0.05, 0) is 44.5 Å². The SMILES string of the molecule is Cc1cc(S(=O)(=O)Nc2cc(S(=O)(=O)N(C)C)ccc2C)c(C)s1. The van der Waals surface area contributed by atoms with Gasteiger partial charge in [-0.1, -0.05) is 6.07 Å². The number of rotatable bonds is 5. The second kappa shape index (κ2) is 6.47. The topological polar surface area (TPSA) is 83.5 Å². The van der Waals surface area contributed by atoms with Crippen molar-refractivity contribution in [1.29, 1.82) is 0 Å². The third-order valence-corrected chi connectivity index (χ3v) is 7.91. The van der Waals surface area contributed by atoms with Crippen molar-refractivity contribution in [3.05, 3.63) is 39.6 Å². The van der Waals surface area contributed by atoms with E-state index in [1.807, 2.05) is 6.92 Å². The van der Waals surface area contributed by atoms with E-state index in [1.54, 1.807) is 26.0 Å². The van der Waals surface area contributed by atoms with Gasteiger partial charge in [-0.15, -0.1) is 11.3 Å². The zero-order chi connectivity index (χ0) is 18.3. The van der Waals surface area contributed by atoms with Crippen molar-refractivity contribution in [2.24, 2.45) is 0 Å². The Morgan fingerprint density at radius 1 is 1.00 bits per heavy atom. The first-order valence-corrected chi connectivity index (χ1v) is 10.8. The van der Waals surface area contributed by atoms with E-state index in [9.17, 15) is 16.8 Å². The fraction of sp³-hybridized carbons (Fsp3) is 0.333. The number of thiophene rings is 1. The number of hydrogen-bond donors (Lipinski definition) is 1. The van der Waals surface area contributed by atoms with E-state index in [0.717, 1.165) is 9.18 Å². The third kappa shape index (κ3) is 3.64. The van der Waals surface area contributed by atoms with Crippen LogP contribution in [0.2, 0.25) is 0 Å². The molecule has 1 aromatic carbocycles. The second-order valence-electron chi connectivity index (χ2n) is 5.65. The molecule has 0 fully saturated rings. The van der Waals surface area contributed by atoms with Gasteiger partial charge in [0, 0.05) is 23.8 Å². The van der Waals surface area contributed by atoms with Crippen LogP contribution in [0.1, 0.15) is 15.3 Å². The highest BCUT2D eigenvalue weighted by molar-refractivity contribution is 7.93. The molecular formula is C15H20N2O4S3. The summed E-state index contributed by atoms with van der Waals surface area (Å²) in [6, 6.07) is 6.00. The van der Waals surface area contributed by atoms with Crippen molar-refractivity contribution in [2.45, 2.75) is 30.6 Å². The highest BCUT2D eigenvalue weighted by atomic mass is 32.2. The molecule has 0 atom stereocenters. The van der Waals surface area contributed by atoms with Gasteiger partial charge >= 0.3 is 0 Å². The molecule has 0 unspecified atom stereocenters. The summed E-state index contributed by atoms with van der Waals surface area (Å²) in [6.45, 7) is 5.30. The van der Waals surface area contributed by atoms with E-state index in [4.69, 9.17) is 0 Å². The predicted molar refractivity (Wildman–Crippen MR) is 96.7 cm³/mol. The van der Waals surface area contributed by atoms with Crippen LogP contribution in [-0.4, -0.2) is 35.2 Å². The van der Waals surface area contributed by atoms with Crippen molar-refractivity contribution in [3.8, 4) is 0 Å². The number of sulfonamides is 2. The minimum atomic E-state index is -3.78. The summed E-state index contributed by atoms with van der Waals surface area (Å²) in [6.07, 6.45) is 0. The third-order valence-electron chi connectivity index (χ3n) is 3.52. The first kappa shape index (κ1) is 18.9. The van der Waals surface area contributed by atoms with Gasteiger partial charge in [0.05, 0.1) is 10.6 Å². The summed E-state index contributed by atoms with van der Waals surface area (Å²) in [5.74, 6) is 0. The molecule has 0 aliphatic rings.